The summed E-state index contributed by atoms with van der Waals surface area (Å²) in [6, 6.07) is 0.782. The van der Waals surface area contributed by atoms with Gasteiger partial charge in [-0.25, -0.2) is 0 Å². The first-order valence-corrected chi connectivity index (χ1v) is 5.41. The molecule has 1 atom stereocenters. The lowest BCUT2D eigenvalue weighted by Gasteiger charge is -2.31. The van der Waals surface area contributed by atoms with Gasteiger partial charge in [0.25, 0.3) is 0 Å². The van der Waals surface area contributed by atoms with E-state index in [0.29, 0.717) is 5.41 Å². The molecular weight excluding hydrogens is 160 g/mol. The molecule has 78 valence electrons. The summed E-state index contributed by atoms with van der Waals surface area (Å²) < 4.78 is 0. The van der Waals surface area contributed by atoms with Gasteiger partial charge in [-0.2, -0.15) is 0 Å². The van der Waals surface area contributed by atoms with Gasteiger partial charge in [0.2, 0.25) is 0 Å². The van der Waals surface area contributed by atoms with E-state index < -0.39 is 0 Å². The van der Waals surface area contributed by atoms with Gasteiger partial charge >= 0.3 is 0 Å². The molecule has 0 aliphatic carbocycles. The van der Waals surface area contributed by atoms with Crippen LogP contribution in [-0.4, -0.2) is 37.6 Å². The van der Waals surface area contributed by atoms with Gasteiger partial charge in [-0.05, 0) is 31.8 Å². The van der Waals surface area contributed by atoms with Gasteiger partial charge < -0.3 is 5.32 Å². The first kappa shape index (κ1) is 11.0. The minimum absolute atomic E-state index is 0.441. The zero-order chi connectivity index (χ0) is 9.90. The van der Waals surface area contributed by atoms with Gasteiger partial charge in [-0.3, -0.25) is 4.90 Å². The fraction of sp³-hybridized carbons (Fsp3) is 1.00. The van der Waals surface area contributed by atoms with E-state index in [1.165, 1.54) is 25.9 Å². The molecule has 0 spiro atoms. The molecule has 0 aromatic carbocycles. The molecule has 0 amide bonds. The number of hydrogen-bond donors (Lipinski definition) is 1. The van der Waals surface area contributed by atoms with Gasteiger partial charge in [0, 0.05) is 19.1 Å². The number of nitrogens with zero attached hydrogens (tertiary/aromatic N) is 1. The molecule has 0 aromatic rings. The SMILES string of the molecule is CNCC1CCCN1CC(C)(C)C. The maximum absolute atomic E-state index is 3.28. The molecule has 0 radical (unpaired) electrons. The van der Waals surface area contributed by atoms with Crippen LogP contribution in [0, 0.1) is 5.41 Å². The molecule has 0 saturated carbocycles. The van der Waals surface area contributed by atoms with Crippen LogP contribution in [-0.2, 0) is 0 Å². The van der Waals surface area contributed by atoms with Gasteiger partial charge in [0.15, 0.2) is 0 Å². The summed E-state index contributed by atoms with van der Waals surface area (Å²) in [5.74, 6) is 0. The monoisotopic (exact) mass is 184 g/mol. The summed E-state index contributed by atoms with van der Waals surface area (Å²) in [6.45, 7) is 10.6. The molecule has 1 N–H and O–H groups in total. The van der Waals surface area contributed by atoms with Crippen molar-refractivity contribution in [2.24, 2.45) is 5.41 Å². The van der Waals surface area contributed by atoms with Crippen LogP contribution in [0.25, 0.3) is 0 Å². The topological polar surface area (TPSA) is 15.3 Å². The Morgan fingerprint density at radius 3 is 2.62 bits per heavy atom. The van der Waals surface area contributed by atoms with Gasteiger partial charge in [0.1, 0.15) is 0 Å². The molecule has 1 aliphatic heterocycles. The van der Waals surface area contributed by atoms with Crippen LogP contribution in [0.5, 0.6) is 0 Å². The second-order valence-electron chi connectivity index (χ2n) is 5.38. The van der Waals surface area contributed by atoms with Crippen LogP contribution in [0.1, 0.15) is 33.6 Å². The average Bonchev–Trinajstić information content (AvgIpc) is 2.34. The molecule has 1 saturated heterocycles. The third-order valence-electron chi connectivity index (χ3n) is 2.62. The van der Waals surface area contributed by atoms with E-state index in [1.54, 1.807) is 0 Å². The zero-order valence-corrected chi connectivity index (χ0v) is 9.56. The smallest absolute Gasteiger partial charge is 0.0221 e. The first-order valence-electron chi connectivity index (χ1n) is 5.41. The Morgan fingerprint density at radius 2 is 2.08 bits per heavy atom. The highest BCUT2D eigenvalue weighted by atomic mass is 15.2. The van der Waals surface area contributed by atoms with Crippen LogP contribution in [0.3, 0.4) is 0 Å². The fourth-order valence-electron chi connectivity index (χ4n) is 2.18. The van der Waals surface area contributed by atoms with Crippen molar-refractivity contribution in [3.8, 4) is 0 Å². The molecular formula is C11H24N2. The lowest BCUT2D eigenvalue weighted by atomic mass is 9.96. The number of nitrogens with one attached hydrogen (secondary N) is 1. The summed E-state index contributed by atoms with van der Waals surface area (Å²) in [6.07, 6.45) is 2.75. The summed E-state index contributed by atoms with van der Waals surface area (Å²) >= 11 is 0. The zero-order valence-electron chi connectivity index (χ0n) is 9.56. The molecule has 0 bridgehead atoms. The van der Waals surface area contributed by atoms with E-state index in [1.807, 2.05) is 7.05 Å². The molecule has 1 heterocycles. The van der Waals surface area contributed by atoms with Crippen molar-refractivity contribution in [1.29, 1.82) is 0 Å². The molecule has 13 heavy (non-hydrogen) atoms. The van der Waals surface area contributed by atoms with Crippen molar-refractivity contribution in [2.45, 2.75) is 39.7 Å². The predicted molar refractivity (Wildman–Crippen MR) is 58.0 cm³/mol. The molecule has 1 unspecified atom stereocenters. The summed E-state index contributed by atoms with van der Waals surface area (Å²) in [5, 5.41) is 3.28. The normalized spacial score (nSPS) is 25.4. The first-order chi connectivity index (χ1) is 6.03. The number of hydrogen-bond acceptors (Lipinski definition) is 2. The minimum Gasteiger partial charge on any atom is -0.318 e. The quantitative estimate of drug-likeness (QED) is 0.718. The molecule has 2 heteroatoms. The maximum atomic E-state index is 3.28. The van der Waals surface area contributed by atoms with E-state index in [0.717, 1.165) is 12.6 Å². The second-order valence-corrected chi connectivity index (χ2v) is 5.38. The highest BCUT2D eigenvalue weighted by Gasteiger charge is 2.27. The highest BCUT2D eigenvalue weighted by molar-refractivity contribution is 4.83. The van der Waals surface area contributed by atoms with E-state index in [4.69, 9.17) is 0 Å². The van der Waals surface area contributed by atoms with Crippen molar-refractivity contribution < 1.29 is 0 Å². The Balaban J connectivity index is 2.39. The summed E-state index contributed by atoms with van der Waals surface area (Å²) in [5.41, 5.74) is 0.441. The Labute approximate surface area is 82.7 Å². The maximum Gasteiger partial charge on any atom is 0.0221 e. The van der Waals surface area contributed by atoms with E-state index in [2.05, 4.69) is 31.0 Å². The molecule has 1 rings (SSSR count). The Hall–Kier alpha value is -0.0800. The van der Waals surface area contributed by atoms with Crippen LogP contribution < -0.4 is 5.32 Å². The van der Waals surface area contributed by atoms with Gasteiger partial charge in [-0.15, -0.1) is 0 Å². The minimum atomic E-state index is 0.441. The van der Waals surface area contributed by atoms with Crippen molar-refractivity contribution in [1.82, 2.24) is 10.2 Å². The number of rotatable bonds is 3. The number of likely N-dealkylation sites (tertiary alicyclic amines) is 1. The van der Waals surface area contributed by atoms with E-state index in [9.17, 15) is 0 Å². The van der Waals surface area contributed by atoms with Crippen LogP contribution in [0.15, 0.2) is 0 Å². The standard InChI is InChI=1S/C11H24N2/c1-11(2,3)9-13-7-5-6-10(13)8-12-4/h10,12H,5-9H2,1-4H3. The van der Waals surface area contributed by atoms with Crippen molar-refractivity contribution in [2.75, 3.05) is 26.7 Å². The Morgan fingerprint density at radius 1 is 1.38 bits per heavy atom. The van der Waals surface area contributed by atoms with Crippen LogP contribution >= 0.6 is 0 Å². The molecule has 0 aromatic heterocycles. The average molecular weight is 184 g/mol. The van der Waals surface area contributed by atoms with Crippen LogP contribution in [0.2, 0.25) is 0 Å². The fourth-order valence-corrected chi connectivity index (χ4v) is 2.18. The largest absolute Gasteiger partial charge is 0.318 e. The Bertz CT molecular complexity index is 149. The molecule has 2 nitrogen and oxygen atoms in total. The third kappa shape index (κ3) is 3.65. The van der Waals surface area contributed by atoms with E-state index in [-0.39, 0.29) is 0 Å². The lowest BCUT2D eigenvalue weighted by molar-refractivity contribution is 0.176. The van der Waals surface area contributed by atoms with Gasteiger partial charge in [-0.1, -0.05) is 20.8 Å². The summed E-state index contributed by atoms with van der Waals surface area (Å²) in [4.78, 5) is 2.64. The summed E-state index contributed by atoms with van der Waals surface area (Å²) in [7, 11) is 2.05. The number of likely N-dealkylation sites (N-methyl/N-ethyl adjacent to an activating group) is 1. The van der Waals surface area contributed by atoms with Crippen molar-refractivity contribution in [3.05, 3.63) is 0 Å². The molecule has 1 fully saturated rings. The second kappa shape index (κ2) is 4.43. The Kier molecular flexibility index (Phi) is 3.74. The van der Waals surface area contributed by atoms with Crippen molar-refractivity contribution >= 4 is 0 Å². The van der Waals surface area contributed by atoms with E-state index >= 15 is 0 Å². The highest BCUT2D eigenvalue weighted by Crippen LogP contribution is 2.23. The van der Waals surface area contributed by atoms with Gasteiger partial charge in [0.05, 0.1) is 0 Å². The predicted octanol–water partition coefficient (Wildman–Crippen LogP) is 1.72. The van der Waals surface area contributed by atoms with Crippen molar-refractivity contribution in [3.63, 3.8) is 0 Å². The van der Waals surface area contributed by atoms with Crippen LogP contribution in [0.4, 0.5) is 0 Å². The third-order valence-corrected chi connectivity index (χ3v) is 2.62. The molecule has 1 aliphatic rings. The lowest BCUT2D eigenvalue weighted by Crippen LogP contribution is -2.41.